The predicted molar refractivity (Wildman–Crippen MR) is 65.9 cm³/mol. The zero-order valence-electron chi connectivity index (χ0n) is 10.5. The van der Waals surface area contributed by atoms with Crippen LogP contribution in [0, 0.1) is 11.6 Å². The molecule has 0 saturated carbocycles. The summed E-state index contributed by atoms with van der Waals surface area (Å²) in [6, 6.07) is 3.47. The number of benzene rings is 1. The predicted octanol–water partition coefficient (Wildman–Crippen LogP) is 3.71. The molecule has 1 rings (SSSR count). The summed E-state index contributed by atoms with van der Waals surface area (Å²) in [6.07, 6.45) is 3.22. The topological polar surface area (TPSA) is 26.3 Å². The van der Waals surface area contributed by atoms with Crippen LogP contribution in [0.25, 0.3) is 6.08 Å². The van der Waals surface area contributed by atoms with Crippen LogP contribution in [0.4, 0.5) is 8.78 Å². The number of ether oxygens (including phenoxy) is 1. The Hall–Kier alpha value is -1.71. The van der Waals surface area contributed by atoms with E-state index >= 15 is 0 Å². The van der Waals surface area contributed by atoms with E-state index in [-0.39, 0.29) is 0 Å². The lowest BCUT2D eigenvalue weighted by atomic mass is 10.1. The Labute approximate surface area is 105 Å². The van der Waals surface area contributed by atoms with Crippen molar-refractivity contribution >= 4 is 12.0 Å². The minimum atomic E-state index is -0.934. The van der Waals surface area contributed by atoms with Gasteiger partial charge in [0.15, 0.2) is 11.6 Å². The van der Waals surface area contributed by atoms with Crippen LogP contribution in [0.2, 0.25) is 0 Å². The fraction of sp³-hybridized carbons (Fsp3) is 0.357. The summed E-state index contributed by atoms with van der Waals surface area (Å²) in [6.45, 7) is 3.95. The van der Waals surface area contributed by atoms with Gasteiger partial charge in [-0.25, -0.2) is 13.6 Å². The molecule has 4 heteroatoms. The molecule has 1 aromatic carbocycles. The van der Waals surface area contributed by atoms with Crippen molar-refractivity contribution in [1.29, 1.82) is 0 Å². The van der Waals surface area contributed by atoms with E-state index in [1.807, 2.05) is 6.92 Å². The third-order valence-electron chi connectivity index (χ3n) is 2.38. The lowest BCUT2D eigenvalue weighted by Crippen LogP contribution is -2.06. The molecular weight excluding hydrogens is 238 g/mol. The molecule has 98 valence electrons. The number of carbonyl (C=O) groups is 1. The summed E-state index contributed by atoms with van der Waals surface area (Å²) in [7, 11) is 0. The number of halogens is 2. The van der Waals surface area contributed by atoms with Gasteiger partial charge in [0, 0.05) is 5.57 Å². The Bertz CT molecular complexity index is 453. The van der Waals surface area contributed by atoms with Crippen LogP contribution in [-0.2, 0) is 9.53 Å². The molecule has 2 nitrogen and oxygen atoms in total. The van der Waals surface area contributed by atoms with Gasteiger partial charge < -0.3 is 4.74 Å². The zero-order chi connectivity index (χ0) is 13.5. The summed E-state index contributed by atoms with van der Waals surface area (Å²) in [5, 5.41) is 0. The fourth-order valence-corrected chi connectivity index (χ4v) is 1.33. The molecule has 1 aromatic rings. The molecule has 0 spiro atoms. The smallest absolute Gasteiger partial charge is 0.333 e. The molecule has 0 saturated heterocycles. The standard InChI is InChI=1S/C14H16F2O2/c1-3-4-7-18-14(17)10(2)8-11-5-6-12(15)13(16)9-11/h5-6,8-9H,3-4,7H2,1-2H3/b10-8+. The Morgan fingerprint density at radius 1 is 1.33 bits per heavy atom. The van der Waals surface area contributed by atoms with E-state index in [0.717, 1.165) is 25.0 Å². The molecule has 0 radical (unpaired) electrons. The van der Waals surface area contributed by atoms with Crippen LogP contribution >= 0.6 is 0 Å². The normalized spacial score (nSPS) is 11.4. The van der Waals surface area contributed by atoms with Gasteiger partial charge in [0.2, 0.25) is 0 Å². The van der Waals surface area contributed by atoms with Crippen LogP contribution < -0.4 is 0 Å². The van der Waals surface area contributed by atoms with Gasteiger partial charge in [-0.05, 0) is 37.1 Å². The first kappa shape index (κ1) is 14.4. The lowest BCUT2D eigenvalue weighted by molar-refractivity contribution is -0.138. The van der Waals surface area contributed by atoms with Gasteiger partial charge in [0.1, 0.15) is 0 Å². The van der Waals surface area contributed by atoms with E-state index in [1.165, 1.54) is 12.1 Å². The molecule has 0 aliphatic rings. The monoisotopic (exact) mass is 254 g/mol. The summed E-state index contributed by atoms with van der Waals surface area (Å²) >= 11 is 0. The van der Waals surface area contributed by atoms with Crippen LogP contribution in [0.1, 0.15) is 32.3 Å². The van der Waals surface area contributed by atoms with Crippen LogP contribution in [0.5, 0.6) is 0 Å². The molecule has 0 fully saturated rings. The first-order valence-corrected chi connectivity index (χ1v) is 5.85. The van der Waals surface area contributed by atoms with Gasteiger partial charge >= 0.3 is 5.97 Å². The van der Waals surface area contributed by atoms with Crippen molar-refractivity contribution < 1.29 is 18.3 Å². The maximum atomic E-state index is 13.0. The SMILES string of the molecule is CCCCOC(=O)/C(C)=C/c1ccc(F)c(F)c1. The van der Waals surface area contributed by atoms with Gasteiger partial charge in [0.25, 0.3) is 0 Å². The van der Waals surface area contributed by atoms with Gasteiger partial charge in [-0.1, -0.05) is 19.4 Å². The highest BCUT2D eigenvalue weighted by Gasteiger charge is 2.06. The van der Waals surface area contributed by atoms with Crippen LogP contribution in [0.3, 0.4) is 0 Å². The fourth-order valence-electron chi connectivity index (χ4n) is 1.33. The van der Waals surface area contributed by atoms with Crippen molar-refractivity contribution in [2.24, 2.45) is 0 Å². The third kappa shape index (κ3) is 4.28. The van der Waals surface area contributed by atoms with Crippen molar-refractivity contribution in [2.75, 3.05) is 6.61 Å². The highest BCUT2D eigenvalue weighted by atomic mass is 19.2. The third-order valence-corrected chi connectivity index (χ3v) is 2.38. The Balaban J connectivity index is 2.69. The second-order valence-electron chi connectivity index (χ2n) is 3.99. The average molecular weight is 254 g/mol. The van der Waals surface area contributed by atoms with Gasteiger partial charge in [-0.3, -0.25) is 0 Å². The maximum Gasteiger partial charge on any atom is 0.333 e. The number of carbonyl (C=O) groups excluding carboxylic acids is 1. The molecule has 0 N–H and O–H groups in total. The van der Waals surface area contributed by atoms with Gasteiger partial charge in [-0.15, -0.1) is 0 Å². The molecular formula is C14H16F2O2. The number of hydrogen-bond donors (Lipinski definition) is 0. The van der Waals surface area contributed by atoms with E-state index in [1.54, 1.807) is 6.92 Å². The van der Waals surface area contributed by atoms with Gasteiger partial charge in [0.05, 0.1) is 6.61 Å². The van der Waals surface area contributed by atoms with Crippen molar-refractivity contribution in [3.8, 4) is 0 Å². The molecule has 0 aliphatic heterocycles. The Morgan fingerprint density at radius 3 is 2.67 bits per heavy atom. The summed E-state index contributed by atoms with van der Waals surface area (Å²) in [5.74, 6) is -2.28. The molecule has 0 bridgehead atoms. The zero-order valence-corrected chi connectivity index (χ0v) is 10.5. The first-order valence-electron chi connectivity index (χ1n) is 5.85. The molecule has 0 atom stereocenters. The van der Waals surface area contributed by atoms with Crippen molar-refractivity contribution in [2.45, 2.75) is 26.7 Å². The Kier molecular flexibility index (Phi) is 5.49. The van der Waals surface area contributed by atoms with Crippen LogP contribution in [-0.4, -0.2) is 12.6 Å². The van der Waals surface area contributed by atoms with E-state index in [9.17, 15) is 13.6 Å². The highest BCUT2D eigenvalue weighted by molar-refractivity contribution is 5.92. The molecule has 0 unspecified atom stereocenters. The lowest BCUT2D eigenvalue weighted by Gasteiger charge is -2.04. The maximum absolute atomic E-state index is 13.0. The average Bonchev–Trinajstić information content (AvgIpc) is 2.34. The number of unbranched alkanes of at least 4 members (excludes halogenated alkanes) is 1. The van der Waals surface area contributed by atoms with E-state index in [2.05, 4.69) is 0 Å². The quantitative estimate of drug-likeness (QED) is 0.455. The first-order chi connectivity index (χ1) is 8.54. The van der Waals surface area contributed by atoms with E-state index < -0.39 is 17.6 Å². The van der Waals surface area contributed by atoms with Crippen LogP contribution in [0.15, 0.2) is 23.8 Å². The minimum Gasteiger partial charge on any atom is -0.462 e. The van der Waals surface area contributed by atoms with Crippen molar-refractivity contribution in [3.05, 3.63) is 41.0 Å². The molecule has 0 heterocycles. The van der Waals surface area contributed by atoms with Gasteiger partial charge in [-0.2, -0.15) is 0 Å². The van der Waals surface area contributed by atoms with E-state index in [0.29, 0.717) is 17.7 Å². The largest absolute Gasteiger partial charge is 0.462 e. The summed E-state index contributed by atoms with van der Waals surface area (Å²) in [5.41, 5.74) is 0.788. The highest BCUT2D eigenvalue weighted by Crippen LogP contribution is 2.12. The molecule has 0 aromatic heterocycles. The van der Waals surface area contributed by atoms with Crippen molar-refractivity contribution in [1.82, 2.24) is 0 Å². The molecule has 0 amide bonds. The summed E-state index contributed by atoms with van der Waals surface area (Å²) in [4.78, 5) is 11.5. The van der Waals surface area contributed by atoms with Crippen molar-refractivity contribution in [3.63, 3.8) is 0 Å². The Morgan fingerprint density at radius 2 is 2.06 bits per heavy atom. The molecule has 0 aliphatic carbocycles. The number of hydrogen-bond acceptors (Lipinski definition) is 2. The molecule has 18 heavy (non-hydrogen) atoms. The minimum absolute atomic E-state index is 0.358. The second-order valence-corrected chi connectivity index (χ2v) is 3.99. The second kappa shape index (κ2) is 6.89. The summed E-state index contributed by atoms with van der Waals surface area (Å²) < 4.78 is 30.7. The number of esters is 1. The van der Waals surface area contributed by atoms with E-state index in [4.69, 9.17) is 4.74 Å². The number of rotatable bonds is 5.